The molecule has 46 heavy (non-hydrogen) atoms. The number of nitrogens with zero attached hydrogens (tertiary/aromatic N) is 3. The largest absolute Gasteiger partial charge is 0.474 e. The van der Waals surface area contributed by atoms with Gasteiger partial charge in [0.25, 0.3) is 6.47 Å². The van der Waals surface area contributed by atoms with Crippen LogP contribution >= 0.6 is 0 Å². The SMILES string of the molecule is CC(C)(C)OC=O.CNC(Cc1ccc(-c2ccc(OC(C)C3CCN(C(=O)OC(C)C)CC3)nc2)cc1F)C(=O)N1CCCC1. The van der Waals surface area contributed by atoms with Crippen LogP contribution in [0.25, 0.3) is 11.1 Å². The third kappa shape index (κ3) is 11.3. The van der Waals surface area contributed by atoms with Crippen molar-refractivity contribution in [2.45, 2.75) is 97.5 Å². The Bertz CT molecular complexity index is 1270. The first kappa shape index (κ1) is 36.7. The van der Waals surface area contributed by atoms with Crippen LogP contribution in [-0.4, -0.2) is 90.3 Å². The van der Waals surface area contributed by atoms with Gasteiger partial charge in [-0.15, -0.1) is 0 Å². The summed E-state index contributed by atoms with van der Waals surface area (Å²) in [5.41, 5.74) is 1.70. The van der Waals surface area contributed by atoms with Crippen molar-refractivity contribution in [1.29, 1.82) is 0 Å². The second-order valence-electron chi connectivity index (χ2n) is 13.2. The summed E-state index contributed by atoms with van der Waals surface area (Å²) >= 11 is 0. The minimum atomic E-state index is -0.440. The van der Waals surface area contributed by atoms with Gasteiger partial charge in [0.1, 0.15) is 17.5 Å². The second-order valence-corrected chi connectivity index (χ2v) is 13.2. The van der Waals surface area contributed by atoms with E-state index in [1.807, 2.05) is 58.6 Å². The van der Waals surface area contributed by atoms with E-state index in [2.05, 4.69) is 15.0 Å². The molecule has 2 atom stereocenters. The molecule has 1 N–H and O–H groups in total. The fraction of sp³-hybridized carbons (Fsp3) is 0.600. The summed E-state index contributed by atoms with van der Waals surface area (Å²) in [5.74, 6) is 0.531. The summed E-state index contributed by atoms with van der Waals surface area (Å²) < 4.78 is 31.0. The number of pyridine rings is 1. The van der Waals surface area contributed by atoms with Gasteiger partial charge in [-0.1, -0.05) is 12.1 Å². The van der Waals surface area contributed by atoms with Gasteiger partial charge in [-0.3, -0.25) is 9.59 Å². The molecule has 2 saturated heterocycles. The number of likely N-dealkylation sites (N-methyl/N-ethyl adjacent to an activating group) is 1. The molecule has 10 nitrogen and oxygen atoms in total. The topological polar surface area (TPSA) is 110 Å². The van der Waals surface area contributed by atoms with Gasteiger partial charge in [0.15, 0.2) is 0 Å². The van der Waals surface area contributed by atoms with Gasteiger partial charge in [-0.05, 0) is 110 Å². The van der Waals surface area contributed by atoms with Crippen molar-refractivity contribution in [2.24, 2.45) is 5.92 Å². The summed E-state index contributed by atoms with van der Waals surface area (Å²) in [6.45, 7) is 14.5. The Hall–Kier alpha value is -3.73. The number of benzene rings is 1. The molecule has 2 amide bonds. The van der Waals surface area contributed by atoms with Crippen LogP contribution in [0, 0.1) is 11.7 Å². The Morgan fingerprint density at radius 1 is 1.02 bits per heavy atom. The molecule has 11 heteroatoms. The van der Waals surface area contributed by atoms with Gasteiger partial charge in [-0.2, -0.15) is 0 Å². The van der Waals surface area contributed by atoms with Crippen molar-refractivity contribution < 1.29 is 33.0 Å². The summed E-state index contributed by atoms with van der Waals surface area (Å²) in [7, 11) is 1.74. The molecule has 2 unspecified atom stereocenters. The van der Waals surface area contributed by atoms with Crippen LogP contribution in [0.4, 0.5) is 9.18 Å². The number of nitrogens with one attached hydrogen (secondary N) is 1. The average molecular weight is 643 g/mol. The number of hydrogen-bond donors (Lipinski definition) is 1. The molecule has 0 bridgehead atoms. The molecule has 0 saturated carbocycles. The van der Waals surface area contributed by atoms with E-state index in [0.717, 1.165) is 49.9 Å². The normalized spacial score (nSPS) is 16.7. The van der Waals surface area contributed by atoms with Crippen LogP contribution in [0.5, 0.6) is 5.88 Å². The molecule has 1 aromatic carbocycles. The molecule has 2 fully saturated rings. The Morgan fingerprint density at radius 3 is 2.17 bits per heavy atom. The highest BCUT2D eigenvalue weighted by Gasteiger charge is 2.29. The number of likely N-dealkylation sites (tertiary alicyclic amines) is 2. The summed E-state index contributed by atoms with van der Waals surface area (Å²) in [5, 5.41) is 3.06. The van der Waals surface area contributed by atoms with Crippen LogP contribution in [0.3, 0.4) is 0 Å². The van der Waals surface area contributed by atoms with Crippen LogP contribution < -0.4 is 10.1 Å². The minimum Gasteiger partial charge on any atom is -0.474 e. The van der Waals surface area contributed by atoms with Crippen LogP contribution in [0.15, 0.2) is 36.5 Å². The van der Waals surface area contributed by atoms with Crippen molar-refractivity contribution in [2.75, 3.05) is 33.2 Å². The van der Waals surface area contributed by atoms with Crippen molar-refractivity contribution in [3.05, 3.63) is 47.9 Å². The Kier molecular flexibility index (Phi) is 13.8. The third-order valence-corrected chi connectivity index (χ3v) is 8.12. The highest BCUT2D eigenvalue weighted by molar-refractivity contribution is 5.82. The molecule has 254 valence electrons. The Morgan fingerprint density at radius 2 is 1.67 bits per heavy atom. The van der Waals surface area contributed by atoms with Gasteiger partial charge in [-0.25, -0.2) is 14.2 Å². The molecule has 0 aliphatic carbocycles. The summed E-state index contributed by atoms with van der Waals surface area (Å²) in [4.78, 5) is 42.6. The highest BCUT2D eigenvalue weighted by Crippen LogP contribution is 2.27. The van der Waals surface area contributed by atoms with E-state index in [0.29, 0.717) is 43.3 Å². The van der Waals surface area contributed by atoms with E-state index < -0.39 is 6.04 Å². The fourth-order valence-corrected chi connectivity index (χ4v) is 5.46. The van der Waals surface area contributed by atoms with E-state index in [-0.39, 0.29) is 35.6 Å². The van der Waals surface area contributed by atoms with Crippen LogP contribution in [-0.2, 0) is 25.5 Å². The fourth-order valence-electron chi connectivity index (χ4n) is 5.46. The number of ether oxygens (including phenoxy) is 3. The van der Waals surface area contributed by atoms with Crippen molar-refractivity contribution in [3.8, 4) is 17.0 Å². The van der Waals surface area contributed by atoms with Gasteiger partial charge >= 0.3 is 6.09 Å². The van der Waals surface area contributed by atoms with Crippen molar-refractivity contribution >= 4 is 18.5 Å². The molecule has 2 aliphatic heterocycles. The van der Waals surface area contributed by atoms with Gasteiger partial charge < -0.3 is 29.3 Å². The lowest BCUT2D eigenvalue weighted by Gasteiger charge is -2.34. The first-order valence-corrected chi connectivity index (χ1v) is 16.3. The average Bonchev–Trinajstić information content (AvgIpc) is 3.55. The van der Waals surface area contributed by atoms with Gasteiger partial charge in [0.05, 0.1) is 12.1 Å². The molecule has 2 aromatic rings. The molecule has 3 heterocycles. The zero-order valence-electron chi connectivity index (χ0n) is 28.4. The Labute approximate surface area is 273 Å². The van der Waals surface area contributed by atoms with Crippen LogP contribution in [0.1, 0.15) is 72.8 Å². The predicted octanol–water partition coefficient (Wildman–Crippen LogP) is 5.62. The highest BCUT2D eigenvalue weighted by atomic mass is 19.1. The van der Waals surface area contributed by atoms with E-state index in [1.54, 1.807) is 30.3 Å². The van der Waals surface area contributed by atoms with E-state index >= 15 is 4.39 Å². The first-order valence-electron chi connectivity index (χ1n) is 16.3. The smallest absolute Gasteiger partial charge is 0.410 e. The monoisotopic (exact) mass is 642 g/mol. The second kappa shape index (κ2) is 17.3. The van der Waals surface area contributed by atoms with Crippen LogP contribution in [0.2, 0.25) is 0 Å². The van der Waals surface area contributed by atoms with E-state index in [1.165, 1.54) is 6.07 Å². The van der Waals surface area contributed by atoms with Gasteiger partial charge in [0.2, 0.25) is 11.8 Å². The lowest BCUT2D eigenvalue weighted by Crippen LogP contribution is -2.45. The lowest BCUT2D eigenvalue weighted by molar-refractivity contribution is -0.138. The molecule has 4 rings (SSSR count). The molecule has 1 aromatic heterocycles. The van der Waals surface area contributed by atoms with Crippen molar-refractivity contribution in [1.82, 2.24) is 20.1 Å². The molecular formula is C35H51FN4O6. The maximum atomic E-state index is 15.0. The van der Waals surface area contributed by atoms with Crippen molar-refractivity contribution in [3.63, 3.8) is 0 Å². The van der Waals surface area contributed by atoms with Gasteiger partial charge in [0, 0.05) is 44.0 Å². The standard InChI is InChI=1S/C30H41FN4O4.C5H10O2/c1-20(2)38-30(37)35-15-11-22(12-16-35)21(3)39-28-10-9-25(19-33-28)23-7-8-24(26(31)17-23)18-27(32-4)29(36)34-13-5-6-14-34;1-5(2,3)7-4-6/h7-10,17,19-22,27,32H,5-6,11-16,18H2,1-4H3;4H,1-3H3. The number of aromatic nitrogens is 1. The third-order valence-electron chi connectivity index (χ3n) is 8.12. The quantitative estimate of drug-likeness (QED) is 0.333. The minimum absolute atomic E-state index is 0.0340. The number of rotatable bonds is 10. The number of halogens is 1. The Balaban J connectivity index is 0.000000738. The van der Waals surface area contributed by atoms with E-state index in [4.69, 9.17) is 9.47 Å². The number of hydrogen-bond acceptors (Lipinski definition) is 8. The number of carbonyl (C=O) groups is 3. The number of carbonyl (C=O) groups excluding carboxylic acids is 3. The molecule has 0 spiro atoms. The number of amides is 2. The van der Waals surface area contributed by atoms with E-state index in [9.17, 15) is 14.4 Å². The molecule has 0 radical (unpaired) electrons. The zero-order valence-corrected chi connectivity index (χ0v) is 28.4. The lowest BCUT2D eigenvalue weighted by atomic mass is 9.92. The zero-order chi connectivity index (χ0) is 33.9. The molecular weight excluding hydrogens is 591 g/mol. The predicted molar refractivity (Wildman–Crippen MR) is 175 cm³/mol. The maximum absolute atomic E-state index is 15.0. The molecule has 2 aliphatic rings. The maximum Gasteiger partial charge on any atom is 0.410 e. The number of piperidine rings is 1. The summed E-state index contributed by atoms with van der Waals surface area (Å²) in [6.07, 6.45) is 5.31. The first-order chi connectivity index (χ1) is 21.8. The summed E-state index contributed by atoms with van der Waals surface area (Å²) in [6, 6.07) is 8.36.